The van der Waals surface area contributed by atoms with E-state index in [2.05, 4.69) is 24.2 Å². The summed E-state index contributed by atoms with van der Waals surface area (Å²) in [5, 5.41) is 4.80. The third kappa shape index (κ3) is 4.88. The second kappa shape index (κ2) is 8.40. The zero-order valence-electron chi connectivity index (χ0n) is 11.6. The normalized spacial score (nSPS) is 18.9. The Hall–Kier alpha value is -0.710. The van der Waals surface area contributed by atoms with E-state index < -0.39 is 0 Å². The van der Waals surface area contributed by atoms with E-state index in [9.17, 15) is 4.79 Å². The third-order valence-corrected chi connectivity index (χ3v) is 4.50. The van der Waals surface area contributed by atoms with E-state index in [4.69, 9.17) is 4.74 Å². The van der Waals surface area contributed by atoms with Gasteiger partial charge >= 0.3 is 5.97 Å². The van der Waals surface area contributed by atoms with Crippen molar-refractivity contribution in [2.75, 3.05) is 19.7 Å². The van der Waals surface area contributed by atoms with E-state index in [0.717, 1.165) is 17.6 Å². The Morgan fingerprint density at radius 2 is 2.22 bits per heavy atom. The van der Waals surface area contributed by atoms with Crippen LogP contribution in [0, 0.1) is 5.92 Å². The summed E-state index contributed by atoms with van der Waals surface area (Å²) in [4.78, 5) is 15.7. The fourth-order valence-corrected chi connectivity index (χ4v) is 3.40. The SMILES string of the molecule is CCOC(=O)CCNC1=NCC(C(CC)CC)S1. The van der Waals surface area contributed by atoms with Crippen molar-refractivity contribution in [3.63, 3.8) is 0 Å². The Morgan fingerprint density at radius 3 is 2.83 bits per heavy atom. The second-order valence-electron chi connectivity index (χ2n) is 4.36. The van der Waals surface area contributed by atoms with Crippen molar-refractivity contribution in [3.8, 4) is 0 Å². The molecule has 0 bridgehead atoms. The number of hydrogen-bond donors (Lipinski definition) is 1. The Balaban J connectivity index is 2.20. The molecule has 18 heavy (non-hydrogen) atoms. The topological polar surface area (TPSA) is 50.7 Å². The van der Waals surface area contributed by atoms with E-state index in [0.29, 0.717) is 24.8 Å². The number of amidine groups is 1. The summed E-state index contributed by atoms with van der Waals surface area (Å²) < 4.78 is 4.88. The van der Waals surface area contributed by atoms with Crippen molar-refractivity contribution in [1.82, 2.24) is 5.32 Å². The smallest absolute Gasteiger partial charge is 0.307 e. The van der Waals surface area contributed by atoms with Crippen molar-refractivity contribution in [1.29, 1.82) is 0 Å². The number of nitrogens with zero attached hydrogens (tertiary/aromatic N) is 1. The summed E-state index contributed by atoms with van der Waals surface area (Å²) in [5.74, 6) is 0.591. The Kier molecular flexibility index (Phi) is 7.16. The third-order valence-electron chi connectivity index (χ3n) is 3.16. The number of rotatable bonds is 7. The second-order valence-corrected chi connectivity index (χ2v) is 5.59. The van der Waals surface area contributed by atoms with Crippen LogP contribution in [0.4, 0.5) is 0 Å². The van der Waals surface area contributed by atoms with Gasteiger partial charge in [0.05, 0.1) is 19.6 Å². The van der Waals surface area contributed by atoms with E-state index in [1.54, 1.807) is 0 Å². The lowest BCUT2D eigenvalue weighted by atomic mass is 9.99. The molecule has 1 rings (SSSR count). The largest absolute Gasteiger partial charge is 0.466 e. The summed E-state index contributed by atoms with van der Waals surface area (Å²) >= 11 is 1.82. The number of hydrogen-bond acceptors (Lipinski definition) is 5. The molecule has 1 atom stereocenters. The summed E-state index contributed by atoms with van der Waals surface area (Å²) in [6.45, 7) is 8.26. The molecule has 1 N–H and O–H groups in total. The Bertz CT molecular complexity index is 291. The molecule has 4 nitrogen and oxygen atoms in total. The fraction of sp³-hybridized carbons (Fsp3) is 0.846. The van der Waals surface area contributed by atoms with Crippen molar-refractivity contribution >= 4 is 22.9 Å². The highest BCUT2D eigenvalue weighted by atomic mass is 32.2. The summed E-state index contributed by atoms with van der Waals surface area (Å²) in [6.07, 6.45) is 2.82. The molecule has 0 aromatic rings. The van der Waals surface area contributed by atoms with Crippen molar-refractivity contribution < 1.29 is 9.53 Å². The van der Waals surface area contributed by atoms with Gasteiger partial charge in [-0.1, -0.05) is 38.5 Å². The van der Waals surface area contributed by atoms with Crippen molar-refractivity contribution in [2.24, 2.45) is 10.9 Å². The van der Waals surface area contributed by atoms with Gasteiger partial charge in [0.2, 0.25) is 0 Å². The lowest BCUT2D eigenvalue weighted by Crippen LogP contribution is -2.24. The van der Waals surface area contributed by atoms with Crippen LogP contribution in [0.15, 0.2) is 4.99 Å². The lowest BCUT2D eigenvalue weighted by molar-refractivity contribution is -0.142. The van der Waals surface area contributed by atoms with Crippen molar-refractivity contribution in [2.45, 2.75) is 45.3 Å². The molecule has 1 aliphatic heterocycles. The van der Waals surface area contributed by atoms with Crippen LogP contribution in [-0.2, 0) is 9.53 Å². The first-order chi connectivity index (χ1) is 8.71. The van der Waals surface area contributed by atoms with Crippen LogP contribution in [0.1, 0.15) is 40.0 Å². The number of esters is 1. The minimum absolute atomic E-state index is 0.148. The van der Waals surface area contributed by atoms with E-state index in [1.165, 1.54) is 12.8 Å². The molecule has 0 spiro atoms. The standard InChI is InChI=1S/C13H24N2O2S/c1-4-10(5-2)11-9-15-13(18-11)14-8-7-12(16)17-6-3/h10-11H,4-9H2,1-3H3,(H,14,15). The van der Waals surface area contributed by atoms with Crippen LogP contribution in [0.3, 0.4) is 0 Å². The number of ether oxygens (including phenoxy) is 1. The molecule has 5 heteroatoms. The summed E-state index contributed by atoms with van der Waals surface area (Å²) in [5.41, 5.74) is 0. The first-order valence-corrected chi connectivity index (χ1v) is 7.69. The predicted octanol–water partition coefficient (Wildman–Crippen LogP) is 2.44. The molecule has 0 aromatic carbocycles. The lowest BCUT2D eigenvalue weighted by Gasteiger charge is -2.18. The first-order valence-electron chi connectivity index (χ1n) is 6.81. The Morgan fingerprint density at radius 1 is 1.50 bits per heavy atom. The van der Waals surface area contributed by atoms with Crippen molar-refractivity contribution in [3.05, 3.63) is 0 Å². The van der Waals surface area contributed by atoms with Gasteiger partial charge in [0.1, 0.15) is 0 Å². The quantitative estimate of drug-likeness (QED) is 0.723. The molecule has 0 amide bonds. The number of thioether (sulfide) groups is 1. The molecule has 104 valence electrons. The van der Waals surface area contributed by atoms with Gasteiger partial charge < -0.3 is 10.1 Å². The molecule has 1 heterocycles. The predicted molar refractivity (Wildman–Crippen MR) is 77.0 cm³/mol. The molecule has 0 radical (unpaired) electrons. The fourth-order valence-electron chi connectivity index (χ4n) is 2.05. The minimum atomic E-state index is -0.148. The molecule has 1 unspecified atom stereocenters. The van der Waals surface area contributed by atoms with E-state index in [-0.39, 0.29) is 5.97 Å². The van der Waals surface area contributed by atoms with Crippen LogP contribution in [0.25, 0.3) is 0 Å². The molecule has 0 aromatic heterocycles. The summed E-state index contributed by atoms with van der Waals surface area (Å²) in [6, 6.07) is 0. The highest BCUT2D eigenvalue weighted by Crippen LogP contribution is 2.30. The molecule has 0 aliphatic carbocycles. The zero-order valence-corrected chi connectivity index (χ0v) is 12.4. The average molecular weight is 272 g/mol. The maximum absolute atomic E-state index is 11.2. The molecule has 0 saturated heterocycles. The van der Waals surface area contributed by atoms with Gasteiger partial charge in [-0.3, -0.25) is 9.79 Å². The molecule has 0 fully saturated rings. The molecule has 1 aliphatic rings. The minimum Gasteiger partial charge on any atom is -0.466 e. The summed E-state index contributed by atoms with van der Waals surface area (Å²) in [7, 11) is 0. The van der Waals surface area contributed by atoms with Gasteiger partial charge in [0.15, 0.2) is 5.17 Å². The van der Waals surface area contributed by atoms with Crippen LogP contribution in [0.2, 0.25) is 0 Å². The average Bonchev–Trinajstić information content (AvgIpc) is 2.80. The molecule has 0 saturated carbocycles. The van der Waals surface area contributed by atoms with Gasteiger partial charge in [-0.25, -0.2) is 0 Å². The number of carbonyl (C=O) groups excluding carboxylic acids is 1. The van der Waals surface area contributed by atoms with Crippen LogP contribution >= 0.6 is 11.8 Å². The highest BCUT2D eigenvalue weighted by Gasteiger charge is 2.25. The van der Waals surface area contributed by atoms with E-state index >= 15 is 0 Å². The zero-order chi connectivity index (χ0) is 13.4. The van der Waals surface area contributed by atoms with Gasteiger partial charge in [-0.2, -0.15) is 0 Å². The van der Waals surface area contributed by atoms with Gasteiger partial charge in [-0.15, -0.1) is 0 Å². The maximum atomic E-state index is 11.2. The monoisotopic (exact) mass is 272 g/mol. The van der Waals surface area contributed by atoms with Gasteiger partial charge in [0.25, 0.3) is 0 Å². The number of nitrogens with one attached hydrogen (secondary N) is 1. The maximum Gasteiger partial charge on any atom is 0.307 e. The number of carbonyl (C=O) groups is 1. The Labute approximate surface area is 114 Å². The van der Waals surface area contributed by atoms with Crippen LogP contribution in [0.5, 0.6) is 0 Å². The van der Waals surface area contributed by atoms with Crippen LogP contribution in [-0.4, -0.2) is 36.1 Å². The molecular formula is C13H24N2O2S. The van der Waals surface area contributed by atoms with Gasteiger partial charge in [-0.05, 0) is 12.8 Å². The van der Waals surface area contributed by atoms with Gasteiger partial charge in [0, 0.05) is 11.8 Å². The number of aliphatic imine (C=N–C) groups is 1. The highest BCUT2D eigenvalue weighted by molar-refractivity contribution is 8.14. The first kappa shape index (κ1) is 15.3. The van der Waals surface area contributed by atoms with Crippen LogP contribution < -0.4 is 5.32 Å². The molecular weight excluding hydrogens is 248 g/mol. The van der Waals surface area contributed by atoms with E-state index in [1.807, 2.05) is 18.7 Å².